The fourth-order valence-corrected chi connectivity index (χ4v) is 1.71. The van der Waals surface area contributed by atoms with Gasteiger partial charge in [0.05, 0.1) is 25.6 Å². The van der Waals surface area contributed by atoms with Gasteiger partial charge in [-0.2, -0.15) is 0 Å². The second kappa shape index (κ2) is 4.81. The molecule has 1 N–H and O–H groups in total. The SMILES string of the molecule is CNC(c1ccco1)c1ccncc1OC. The summed E-state index contributed by atoms with van der Waals surface area (Å²) in [6, 6.07) is 5.70. The summed E-state index contributed by atoms with van der Waals surface area (Å²) in [6.07, 6.45) is 5.10. The van der Waals surface area contributed by atoms with Crippen LogP contribution in [0, 0.1) is 0 Å². The standard InChI is InChI=1S/C12H14N2O2/c1-13-12(10-4-3-7-16-10)9-5-6-14-8-11(9)15-2/h3-8,12-13H,1-2H3. The van der Waals surface area contributed by atoms with Crippen molar-refractivity contribution in [3.63, 3.8) is 0 Å². The smallest absolute Gasteiger partial charge is 0.142 e. The highest BCUT2D eigenvalue weighted by Gasteiger charge is 2.18. The lowest BCUT2D eigenvalue weighted by Crippen LogP contribution is -2.17. The molecule has 0 aromatic carbocycles. The molecule has 2 rings (SSSR count). The molecule has 0 fully saturated rings. The first-order valence-corrected chi connectivity index (χ1v) is 5.05. The first-order valence-electron chi connectivity index (χ1n) is 5.05. The zero-order chi connectivity index (χ0) is 11.4. The van der Waals surface area contributed by atoms with Gasteiger partial charge in [-0.05, 0) is 25.2 Å². The van der Waals surface area contributed by atoms with Crippen LogP contribution in [0.25, 0.3) is 0 Å². The summed E-state index contributed by atoms with van der Waals surface area (Å²) in [5.41, 5.74) is 1.01. The van der Waals surface area contributed by atoms with Gasteiger partial charge in [0.2, 0.25) is 0 Å². The van der Waals surface area contributed by atoms with E-state index in [1.54, 1.807) is 25.8 Å². The zero-order valence-corrected chi connectivity index (χ0v) is 9.31. The third kappa shape index (κ3) is 1.92. The number of rotatable bonds is 4. The van der Waals surface area contributed by atoms with E-state index in [-0.39, 0.29) is 6.04 Å². The Morgan fingerprint density at radius 3 is 2.94 bits per heavy atom. The van der Waals surface area contributed by atoms with Crippen LogP contribution >= 0.6 is 0 Å². The molecule has 84 valence electrons. The number of methoxy groups -OCH3 is 1. The Morgan fingerprint density at radius 1 is 1.44 bits per heavy atom. The molecule has 2 heterocycles. The van der Waals surface area contributed by atoms with E-state index in [0.717, 1.165) is 17.1 Å². The highest BCUT2D eigenvalue weighted by Crippen LogP contribution is 2.28. The Morgan fingerprint density at radius 2 is 2.31 bits per heavy atom. The molecule has 0 saturated heterocycles. The van der Waals surface area contributed by atoms with E-state index in [2.05, 4.69) is 10.3 Å². The van der Waals surface area contributed by atoms with E-state index in [4.69, 9.17) is 9.15 Å². The molecule has 0 aliphatic rings. The Kier molecular flexibility index (Phi) is 3.22. The Hall–Kier alpha value is -1.81. The van der Waals surface area contributed by atoms with Crippen LogP contribution in [0.2, 0.25) is 0 Å². The number of nitrogens with zero attached hydrogens (tertiary/aromatic N) is 1. The molecule has 0 radical (unpaired) electrons. The van der Waals surface area contributed by atoms with Crippen molar-refractivity contribution in [1.82, 2.24) is 10.3 Å². The minimum Gasteiger partial charge on any atom is -0.495 e. The van der Waals surface area contributed by atoms with Crippen molar-refractivity contribution in [1.29, 1.82) is 0 Å². The molecule has 0 amide bonds. The fourth-order valence-electron chi connectivity index (χ4n) is 1.71. The number of furan rings is 1. The number of nitrogens with one attached hydrogen (secondary N) is 1. The number of hydrogen-bond donors (Lipinski definition) is 1. The van der Waals surface area contributed by atoms with Crippen LogP contribution < -0.4 is 10.1 Å². The van der Waals surface area contributed by atoms with Gasteiger partial charge in [-0.3, -0.25) is 4.98 Å². The molecule has 0 bridgehead atoms. The monoisotopic (exact) mass is 218 g/mol. The maximum absolute atomic E-state index is 5.40. The molecule has 0 spiro atoms. The Labute approximate surface area is 94.3 Å². The minimum atomic E-state index is -0.0204. The van der Waals surface area contributed by atoms with Gasteiger partial charge < -0.3 is 14.5 Å². The first-order chi connectivity index (χ1) is 7.86. The van der Waals surface area contributed by atoms with Crippen LogP contribution in [0.5, 0.6) is 5.75 Å². The van der Waals surface area contributed by atoms with Crippen molar-refractivity contribution < 1.29 is 9.15 Å². The summed E-state index contributed by atoms with van der Waals surface area (Å²) >= 11 is 0. The number of aromatic nitrogens is 1. The van der Waals surface area contributed by atoms with Gasteiger partial charge in [-0.25, -0.2) is 0 Å². The van der Waals surface area contributed by atoms with Crippen LogP contribution in [0.15, 0.2) is 41.3 Å². The topological polar surface area (TPSA) is 47.3 Å². The molecule has 0 aliphatic carbocycles. The highest BCUT2D eigenvalue weighted by atomic mass is 16.5. The number of pyridine rings is 1. The molecule has 1 unspecified atom stereocenters. The van der Waals surface area contributed by atoms with Gasteiger partial charge in [0.1, 0.15) is 11.5 Å². The Bertz CT molecular complexity index is 440. The molecule has 2 aromatic rings. The molecule has 4 heteroatoms. The van der Waals surface area contributed by atoms with Crippen molar-refractivity contribution in [2.75, 3.05) is 14.2 Å². The van der Waals surface area contributed by atoms with Crippen molar-refractivity contribution in [2.45, 2.75) is 6.04 Å². The summed E-state index contributed by atoms with van der Waals surface area (Å²) in [4.78, 5) is 4.03. The lowest BCUT2D eigenvalue weighted by molar-refractivity contribution is 0.395. The van der Waals surface area contributed by atoms with E-state index >= 15 is 0 Å². The zero-order valence-electron chi connectivity index (χ0n) is 9.31. The second-order valence-corrected chi connectivity index (χ2v) is 3.35. The highest BCUT2D eigenvalue weighted by molar-refractivity contribution is 5.36. The van der Waals surface area contributed by atoms with Crippen molar-refractivity contribution in [3.8, 4) is 5.75 Å². The number of ether oxygens (including phenoxy) is 1. The number of hydrogen-bond acceptors (Lipinski definition) is 4. The predicted molar refractivity (Wildman–Crippen MR) is 60.4 cm³/mol. The summed E-state index contributed by atoms with van der Waals surface area (Å²) in [5.74, 6) is 1.60. The first kappa shape index (κ1) is 10.7. The second-order valence-electron chi connectivity index (χ2n) is 3.35. The summed E-state index contributed by atoms with van der Waals surface area (Å²) in [5, 5.41) is 3.19. The van der Waals surface area contributed by atoms with Crippen LogP contribution in [-0.4, -0.2) is 19.1 Å². The van der Waals surface area contributed by atoms with Gasteiger partial charge in [-0.15, -0.1) is 0 Å². The van der Waals surface area contributed by atoms with Crippen molar-refractivity contribution in [3.05, 3.63) is 48.2 Å². The van der Waals surface area contributed by atoms with Crippen LogP contribution in [0.1, 0.15) is 17.4 Å². The van der Waals surface area contributed by atoms with E-state index in [1.165, 1.54) is 0 Å². The minimum absolute atomic E-state index is 0.0204. The van der Waals surface area contributed by atoms with Gasteiger partial charge in [0.25, 0.3) is 0 Å². The van der Waals surface area contributed by atoms with Gasteiger partial charge in [-0.1, -0.05) is 0 Å². The quantitative estimate of drug-likeness (QED) is 0.852. The van der Waals surface area contributed by atoms with Gasteiger partial charge in [0, 0.05) is 11.8 Å². The van der Waals surface area contributed by atoms with Crippen molar-refractivity contribution in [2.24, 2.45) is 0 Å². The molecule has 2 aromatic heterocycles. The molecule has 4 nitrogen and oxygen atoms in total. The molecular weight excluding hydrogens is 204 g/mol. The van der Waals surface area contributed by atoms with E-state index < -0.39 is 0 Å². The largest absolute Gasteiger partial charge is 0.495 e. The predicted octanol–water partition coefficient (Wildman–Crippen LogP) is 1.99. The molecule has 0 aliphatic heterocycles. The maximum Gasteiger partial charge on any atom is 0.142 e. The van der Waals surface area contributed by atoms with E-state index in [9.17, 15) is 0 Å². The molecule has 16 heavy (non-hydrogen) atoms. The third-order valence-electron chi connectivity index (χ3n) is 2.46. The maximum atomic E-state index is 5.40. The van der Waals surface area contributed by atoms with Crippen molar-refractivity contribution >= 4 is 0 Å². The molecule has 0 saturated carbocycles. The average molecular weight is 218 g/mol. The lowest BCUT2D eigenvalue weighted by Gasteiger charge is -2.16. The molecular formula is C12H14N2O2. The van der Waals surface area contributed by atoms with Gasteiger partial charge in [0.15, 0.2) is 0 Å². The average Bonchev–Trinajstić information content (AvgIpc) is 2.84. The normalized spacial score (nSPS) is 12.4. The van der Waals surface area contributed by atoms with Crippen LogP contribution in [0.3, 0.4) is 0 Å². The molecule has 1 atom stereocenters. The van der Waals surface area contributed by atoms with Crippen LogP contribution in [0.4, 0.5) is 0 Å². The van der Waals surface area contributed by atoms with Gasteiger partial charge >= 0.3 is 0 Å². The lowest BCUT2D eigenvalue weighted by atomic mass is 10.1. The summed E-state index contributed by atoms with van der Waals surface area (Å²) in [7, 11) is 3.52. The fraction of sp³-hybridized carbons (Fsp3) is 0.250. The summed E-state index contributed by atoms with van der Waals surface area (Å²) < 4.78 is 10.7. The summed E-state index contributed by atoms with van der Waals surface area (Å²) in [6.45, 7) is 0. The third-order valence-corrected chi connectivity index (χ3v) is 2.46. The van der Waals surface area contributed by atoms with Crippen LogP contribution in [-0.2, 0) is 0 Å². The Balaban J connectivity index is 2.41. The van der Waals surface area contributed by atoms with E-state index in [0.29, 0.717) is 0 Å². The van der Waals surface area contributed by atoms with E-state index in [1.807, 2.05) is 25.2 Å².